The van der Waals surface area contributed by atoms with Crippen molar-refractivity contribution in [2.24, 2.45) is 0 Å². The fourth-order valence-electron chi connectivity index (χ4n) is 2.46. The molecule has 1 aliphatic rings. The maximum Gasteiger partial charge on any atom is 0.399 e. The summed E-state index contributed by atoms with van der Waals surface area (Å²) in [6.45, 7) is 2.85. The van der Waals surface area contributed by atoms with Crippen LogP contribution in [0.4, 0.5) is 13.2 Å². The summed E-state index contributed by atoms with van der Waals surface area (Å²) in [6.07, 6.45) is -3.43. The van der Waals surface area contributed by atoms with E-state index in [4.69, 9.17) is 0 Å². The molecule has 0 spiro atoms. The van der Waals surface area contributed by atoms with Crippen molar-refractivity contribution in [2.45, 2.75) is 42.8 Å². The van der Waals surface area contributed by atoms with Crippen molar-refractivity contribution in [2.75, 3.05) is 12.8 Å². The zero-order valence-electron chi connectivity index (χ0n) is 11.3. The zero-order chi connectivity index (χ0) is 14.3. The predicted octanol–water partition coefficient (Wildman–Crippen LogP) is 3.76. The number of aryl methyl sites for hydroxylation is 1. The van der Waals surface area contributed by atoms with Crippen LogP contribution in [-0.2, 0) is 11.8 Å². The lowest BCUT2D eigenvalue weighted by atomic mass is 9.75. The molecule has 0 amide bonds. The van der Waals surface area contributed by atoms with Gasteiger partial charge in [0.2, 0.25) is 0 Å². The fourth-order valence-corrected chi connectivity index (χ4v) is 3.51. The summed E-state index contributed by atoms with van der Waals surface area (Å²) in [5, 5.41) is 2.75. The second-order valence-corrected chi connectivity index (χ2v) is 6.27. The number of rotatable bonds is 3. The average Bonchev–Trinajstić information content (AvgIpc) is 2.82. The van der Waals surface area contributed by atoms with Gasteiger partial charge in [0, 0.05) is 16.7 Å². The Labute approximate surface area is 116 Å². The van der Waals surface area contributed by atoms with Crippen LogP contribution in [0.1, 0.15) is 25.0 Å². The van der Waals surface area contributed by atoms with Crippen molar-refractivity contribution in [3.05, 3.63) is 29.3 Å². The molecule has 0 saturated heterocycles. The number of fused-ring (bicyclic) bond motifs is 1. The Hall–Kier alpha value is -0.680. The van der Waals surface area contributed by atoms with Crippen LogP contribution >= 0.6 is 11.8 Å². The first-order valence-electron chi connectivity index (χ1n) is 6.31. The summed E-state index contributed by atoms with van der Waals surface area (Å²) in [6, 6.07) is 4.50. The summed E-state index contributed by atoms with van der Waals surface area (Å²) in [4.78, 5) is 1.12. The van der Waals surface area contributed by atoms with Gasteiger partial charge in [-0.25, -0.2) is 0 Å². The van der Waals surface area contributed by atoms with Gasteiger partial charge in [-0.2, -0.15) is 13.2 Å². The van der Waals surface area contributed by atoms with E-state index in [1.165, 1.54) is 6.92 Å². The molecule has 1 aliphatic heterocycles. The first-order chi connectivity index (χ1) is 8.80. The zero-order valence-corrected chi connectivity index (χ0v) is 12.1. The fraction of sp³-hybridized carbons (Fsp3) is 0.571. The number of halogens is 3. The van der Waals surface area contributed by atoms with Gasteiger partial charge in [-0.15, -0.1) is 11.8 Å². The first kappa shape index (κ1) is 14.7. The summed E-state index contributed by atoms with van der Waals surface area (Å²) in [5.74, 6) is 0.961. The minimum atomic E-state index is -4.28. The summed E-state index contributed by atoms with van der Waals surface area (Å²) < 4.78 is 40.6. The van der Waals surface area contributed by atoms with Gasteiger partial charge < -0.3 is 5.32 Å². The van der Waals surface area contributed by atoms with E-state index < -0.39 is 17.6 Å². The Bertz CT molecular complexity index is 472. The van der Waals surface area contributed by atoms with Crippen LogP contribution in [0.5, 0.6) is 0 Å². The Morgan fingerprint density at radius 2 is 2.00 bits per heavy atom. The topological polar surface area (TPSA) is 12.0 Å². The Kier molecular flexibility index (Phi) is 3.89. The van der Waals surface area contributed by atoms with Crippen LogP contribution in [0, 0.1) is 0 Å². The van der Waals surface area contributed by atoms with Gasteiger partial charge in [0.15, 0.2) is 0 Å². The minimum absolute atomic E-state index is 0.350. The number of likely N-dealkylation sites (N-methyl/N-ethyl adjacent to an activating group) is 1. The molecule has 19 heavy (non-hydrogen) atoms. The number of benzene rings is 1. The summed E-state index contributed by atoms with van der Waals surface area (Å²) in [7, 11) is 1.57. The molecule has 1 heterocycles. The van der Waals surface area contributed by atoms with E-state index in [2.05, 4.69) is 5.32 Å². The molecule has 1 aromatic carbocycles. The molecule has 2 atom stereocenters. The van der Waals surface area contributed by atoms with E-state index in [1.807, 2.05) is 6.07 Å². The SMILES string of the molecule is CNC(C)C(C)(c1ccc2c(c1)CCS2)C(F)(F)F. The van der Waals surface area contributed by atoms with Crippen molar-refractivity contribution in [1.29, 1.82) is 0 Å². The average molecular weight is 289 g/mol. The van der Waals surface area contributed by atoms with E-state index in [9.17, 15) is 13.2 Å². The van der Waals surface area contributed by atoms with E-state index in [0.29, 0.717) is 5.56 Å². The number of nitrogens with one attached hydrogen (secondary N) is 1. The van der Waals surface area contributed by atoms with Crippen molar-refractivity contribution >= 4 is 11.8 Å². The Morgan fingerprint density at radius 1 is 1.32 bits per heavy atom. The van der Waals surface area contributed by atoms with E-state index in [-0.39, 0.29) is 0 Å². The normalized spacial score (nSPS) is 19.9. The first-order valence-corrected chi connectivity index (χ1v) is 7.29. The van der Waals surface area contributed by atoms with E-state index in [0.717, 1.165) is 22.6 Å². The van der Waals surface area contributed by atoms with Crippen molar-refractivity contribution in [3.8, 4) is 0 Å². The highest BCUT2D eigenvalue weighted by Crippen LogP contribution is 2.45. The number of hydrogen-bond acceptors (Lipinski definition) is 2. The summed E-state index contributed by atoms with van der Waals surface area (Å²) >= 11 is 1.71. The molecular formula is C14H18F3NS. The second-order valence-electron chi connectivity index (χ2n) is 5.13. The van der Waals surface area contributed by atoms with Gasteiger partial charge in [-0.3, -0.25) is 0 Å². The molecule has 0 aromatic heterocycles. The number of hydrogen-bond donors (Lipinski definition) is 1. The van der Waals surface area contributed by atoms with Gasteiger partial charge in [0.25, 0.3) is 0 Å². The molecule has 0 fully saturated rings. The van der Waals surface area contributed by atoms with Gasteiger partial charge >= 0.3 is 6.18 Å². The Morgan fingerprint density at radius 3 is 2.58 bits per heavy atom. The van der Waals surface area contributed by atoms with Gasteiger partial charge in [0.1, 0.15) is 5.41 Å². The smallest absolute Gasteiger partial charge is 0.316 e. The summed E-state index contributed by atoms with van der Waals surface area (Å²) in [5.41, 5.74) is -0.478. The van der Waals surface area contributed by atoms with Crippen LogP contribution in [0.25, 0.3) is 0 Å². The molecule has 1 aromatic rings. The van der Waals surface area contributed by atoms with Crippen LogP contribution in [0.2, 0.25) is 0 Å². The third kappa shape index (κ3) is 2.38. The maximum atomic E-state index is 13.5. The molecule has 1 nitrogen and oxygen atoms in total. The lowest BCUT2D eigenvalue weighted by Crippen LogP contribution is -2.53. The lowest BCUT2D eigenvalue weighted by Gasteiger charge is -2.38. The number of alkyl halides is 3. The van der Waals surface area contributed by atoms with Crippen LogP contribution < -0.4 is 5.32 Å². The Balaban J connectivity index is 2.50. The molecule has 2 unspecified atom stereocenters. The van der Waals surface area contributed by atoms with Crippen LogP contribution in [0.3, 0.4) is 0 Å². The quantitative estimate of drug-likeness (QED) is 0.909. The molecule has 106 valence electrons. The third-order valence-electron chi connectivity index (χ3n) is 4.18. The largest absolute Gasteiger partial charge is 0.399 e. The van der Waals surface area contributed by atoms with Crippen molar-refractivity contribution < 1.29 is 13.2 Å². The van der Waals surface area contributed by atoms with Crippen molar-refractivity contribution in [3.63, 3.8) is 0 Å². The van der Waals surface area contributed by atoms with E-state index >= 15 is 0 Å². The van der Waals surface area contributed by atoms with Crippen molar-refractivity contribution in [1.82, 2.24) is 5.32 Å². The van der Waals surface area contributed by atoms with Gasteiger partial charge in [0.05, 0.1) is 0 Å². The highest BCUT2D eigenvalue weighted by molar-refractivity contribution is 7.99. The molecule has 0 bridgehead atoms. The molecule has 0 saturated carbocycles. The molecule has 0 aliphatic carbocycles. The number of thioether (sulfide) groups is 1. The third-order valence-corrected chi connectivity index (χ3v) is 5.29. The highest BCUT2D eigenvalue weighted by Gasteiger charge is 2.55. The van der Waals surface area contributed by atoms with Gasteiger partial charge in [-0.1, -0.05) is 12.1 Å². The standard InChI is InChI=1S/C14H18F3NS/c1-9(18-3)13(2,14(15,16)17)11-4-5-12-10(8-11)6-7-19-12/h4-5,8-9,18H,6-7H2,1-3H3. The second kappa shape index (κ2) is 5.02. The molecule has 5 heteroatoms. The molecular weight excluding hydrogens is 271 g/mol. The highest BCUT2D eigenvalue weighted by atomic mass is 32.2. The van der Waals surface area contributed by atoms with Gasteiger partial charge in [-0.05, 0) is 44.5 Å². The molecule has 2 rings (SSSR count). The monoisotopic (exact) mass is 289 g/mol. The maximum absolute atomic E-state index is 13.5. The van der Waals surface area contributed by atoms with E-state index in [1.54, 1.807) is 37.9 Å². The molecule has 1 N–H and O–H groups in total. The van der Waals surface area contributed by atoms with Crippen LogP contribution in [-0.4, -0.2) is 25.0 Å². The molecule has 0 radical (unpaired) electrons. The predicted molar refractivity (Wildman–Crippen MR) is 72.8 cm³/mol. The lowest BCUT2D eigenvalue weighted by molar-refractivity contribution is -0.192. The minimum Gasteiger partial charge on any atom is -0.316 e. The van der Waals surface area contributed by atoms with Crippen LogP contribution in [0.15, 0.2) is 23.1 Å².